The number of para-hydroxylation sites is 1. The fraction of sp³-hybridized carbons (Fsp3) is 0.591. The van der Waals surface area contributed by atoms with Gasteiger partial charge in [0.1, 0.15) is 25.3 Å². The van der Waals surface area contributed by atoms with Gasteiger partial charge < -0.3 is 19.3 Å². The molecule has 3 aliphatic rings. The first kappa shape index (κ1) is 20.5. The lowest BCUT2D eigenvalue weighted by atomic mass is 9.81. The summed E-state index contributed by atoms with van der Waals surface area (Å²) in [7, 11) is 1.68. The average Bonchev–Trinajstić information content (AvgIpc) is 2.94. The Morgan fingerprint density at radius 3 is 2.60 bits per heavy atom. The molecule has 0 bridgehead atoms. The van der Waals surface area contributed by atoms with Crippen molar-refractivity contribution in [2.24, 2.45) is 0 Å². The SMILES string of the molecule is CCN(Cc1cccc2c1OCCO2)C(=O)CN1C(=O)N(C)C2(CCCCC2)C1=O. The zero-order valence-electron chi connectivity index (χ0n) is 17.7. The van der Waals surface area contributed by atoms with Gasteiger partial charge in [-0.3, -0.25) is 14.5 Å². The van der Waals surface area contributed by atoms with Gasteiger partial charge in [0.25, 0.3) is 5.91 Å². The van der Waals surface area contributed by atoms with Crippen LogP contribution in [0.4, 0.5) is 4.79 Å². The van der Waals surface area contributed by atoms with E-state index < -0.39 is 5.54 Å². The maximum absolute atomic E-state index is 13.2. The summed E-state index contributed by atoms with van der Waals surface area (Å²) in [5.74, 6) is 0.847. The third-order valence-corrected chi connectivity index (χ3v) is 6.52. The van der Waals surface area contributed by atoms with Gasteiger partial charge in [0.15, 0.2) is 11.5 Å². The zero-order valence-corrected chi connectivity index (χ0v) is 17.7. The summed E-state index contributed by atoms with van der Waals surface area (Å²) in [5.41, 5.74) is 0.0819. The molecule has 4 amide bonds. The average molecular weight is 415 g/mol. The highest BCUT2D eigenvalue weighted by Gasteiger charge is 2.55. The molecular weight excluding hydrogens is 386 g/mol. The van der Waals surface area contributed by atoms with E-state index in [0.29, 0.717) is 50.6 Å². The molecule has 8 nitrogen and oxygen atoms in total. The zero-order chi connectivity index (χ0) is 21.3. The normalized spacial score (nSPS) is 20.1. The minimum atomic E-state index is -0.768. The Kier molecular flexibility index (Phi) is 5.58. The van der Waals surface area contributed by atoms with Crippen LogP contribution in [0.2, 0.25) is 0 Å². The van der Waals surface area contributed by atoms with E-state index in [9.17, 15) is 14.4 Å². The fourth-order valence-corrected chi connectivity index (χ4v) is 4.75. The van der Waals surface area contributed by atoms with Crippen LogP contribution in [-0.4, -0.2) is 71.4 Å². The van der Waals surface area contributed by atoms with E-state index in [1.165, 1.54) is 0 Å². The van der Waals surface area contributed by atoms with Crippen LogP contribution in [0.15, 0.2) is 18.2 Å². The number of likely N-dealkylation sites (N-methyl/N-ethyl adjacent to an activating group) is 2. The van der Waals surface area contributed by atoms with Gasteiger partial charge in [-0.15, -0.1) is 0 Å². The minimum Gasteiger partial charge on any atom is -0.486 e. The van der Waals surface area contributed by atoms with Gasteiger partial charge in [0.2, 0.25) is 5.91 Å². The van der Waals surface area contributed by atoms with Crippen LogP contribution >= 0.6 is 0 Å². The van der Waals surface area contributed by atoms with Gasteiger partial charge in [0.05, 0.1) is 0 Å². The maximum Gasteiger partial charge on any atom is 0.327 e. The Balaban J connectivity index is 1.49. The molecule has 1 saturated heterocycles. The lowest BCUT2D eigenvalue weighted by Crippen LogP contribution is -2.49. The van der Waals surface area contributed by atoms with Crippen LogP contribution < -0.4 is 9.47 Å². The summed E-state index contributed by atoms with van der Waals surface area (Å²) in [4.78, 5) is 43.4. The molecule has 0 aromatic heterocycles. The van der Waals surface area contributed by atoms with Crippen LogP contribution in [-0.2, 0) is 16.1 Å². The number of benzene rings is 1. The fourth-order valence-electron chi connectivity index (χ4n) is 4.75. The van der Waals surface area contributed by atoms with Crippen molar-refractivity contribution >= 4 is 17.8 Å². The molecule has 4 rings (SSSR count). The van der Waals surface area contributed by atoms with Gasteiger partial charge >= 0.3 is 6.03 Å². The van der Waals surface area contributed by atoms with Crippen molar-refractivity contribution in [1.29, 1.82) is 0 Å². The van der Waals surface area contributed by atoms with E-state index in [1.54, 1.807) is 16.8 Å². The molecule has 1 spiro atoms. The first-order chi connectivity index (χ1) is 14.5. The number of hydrogen-bond acceptors (Lipinski definition) is 5. The number of imide groups is 1. The Labute approximate surface area is 176 Å². The second-order valence-corrected chi connectivity index (χ2v) is 8.17. The predicted octanol–water partition coefficient (Wildman–Crippen LogP) is 2.40. The first-order valence-corrected chi connectivity index (χ1v) is 10.7. The van der Waals surface area contributed by atoms with Crippen molar-refractivity contribution in [2.45, 2.75) is 51.1 Å². The Hall–Kier alpha value is -2.77. The lowest BCUT2D eigenvalue weighted by molar-refractivity contribution is -0.140. The van der Waals surface area contributed by atoms with Gasteiger partial charge in [-0.1, -0.05) is 31.4 Å². The van der Waals surface area contributed by atoms with E-state index in [4.69, 9.17) is 9.47 Å². The number of urea groups is 1. The maximum atomic E-state index is 13.2. The van der Waals surface area contributed by atoms with Crippen molar-refractivity contribution in [3.05, 3.63) is 23.8 Å². The molecule has 2 heterocycles. The van der Waals surface area contributed by atoms with Gasteiger partial charge in [-0.2, -0.15) is 0 Å². The third kappa shape index (κ3) is 3.38. The second-order valence-electron chi connectivity index (χ2n) is 8.17. The predicted molar refractivity (Wildman–Crippen MR) is 109 cm³/mol. The first-order valence-electron chi connectivity index (χ1n) is 10.7. The van der Waals surface area contributed by atoms with E-state index >= 15 is 0 Å². The summed E-state index contributed by atoms with van der Waals surface area (Å²) < 4.78 is 11.4. The minimum absolute atomic E-state index is 0.229. The number of carbonyl (C=O) groups excluding carboxylic acids is 3. The molecule has 30 heavy (non-hydrogen) atoms. The molecule has 1 aromatic carbocycles. The summed E-state index contributed by atoms with van der Waals surface area (Å²) in [5, 5.41) is 0. The molecule has 1 aliphatic carbocycles. The Bertz CT molecular complexity index is 849. The van der Waals surface area contributed by atoms with Gasteiger partial charge in [-0.05, 0) is 25.8 Å². The molecule has 1 aromatic rings. The summed E-state index contributed by atoms with van der Waals surface area (Å²) in [6.45, 7) is 3.41. The molecule has 0 radical (unpaired) electrons. The quantitative estimate of drug-likeness (QED) is 0.690. The topological polar surface area (TPSA) is 79.4 Å². The number of amides is 4. The molecule has 8 heteroatoms. The number of nitrogens with zero attached hydrogens (tertiary/aromatic N) is 3. The van der Waals surface area contributed by atoms with E-state index in [0.717, 1.165) is 29.7 Å². The standard InChI is InChI=1S/C22H29N3O5/c1-3-24(14-16-8-7-9-17-19(16)30-13-12-29-17)18(26)15-25-20(27)22(23(2)21(25)28)10-5-4-6-11-22/h7-9H,3-6,10-15H2,1-2H3. The molecule has 2 fully saturated rings. The lowest BCUT2D eigenvalue weighted by Gasteiger charge is -2.35. The second kappa shape index (κ2) is 8.16. The van der Waals surface area contributed by atoms with Crippen molar-refractivity contribution in [2.75, 3.05) is 33.4 Å². The molecule has 162 valence electrons. The van der Waals surface area contributed by atoms with Crippen LogP contribution in [0, 0.1) is 0 Å². The van der Waals surface area contributed by atoms with Crippen LogP contribution in [0.25, 0.3) is 0 Å². The molecule has 0 atom stereocenters. The molecule has 0 unspecified atom stereocenters. The van der Waals surface area contributed by atoms with E-state index in [1.807, 2.05) is 25.1 Å². The highest BCUT2D eigenvalue weighted by Crippen LogP contribution is 2.39. The number of rotatable bonds is 5. The van der Waals surface area contributed by atoms with Gasteiger partial charge in [0, 0.05) is 25.7 Å². The molecule has 2 aliphatic heterocycles. The van der Waals surface area contributed by atoms with Crippen LogP contribution in [0.1, 0.15) is 44.6 Å². The number of hydrogen-bond donors (Lipinski definition) is 0. The summed E-state index contributed by atoms with van der Waals surface area (Å²) in [6.07, 6.45) is 4.26. The number of ether oxygens (including phenoxy) is 2. The highest BCUT2D eigenvalue weighted by molar-refractivity contribution is 6.08. The van der Waals surface area contributed by atoms with Crippen LogP contribution in [0.3, 0.4) is 0 Å². The molecular formula is C22H29N3O5. The molecule has 1 saturated carbocycles. The highest BCUT2D eigenvalue weighted by atomic mass is 16.6. The van der Waals surface area contributed by atoms with E-state index in [2.05, 4.69) is 0 Å². The summed E-state index contributed by atoms with van der Waals surface area (Å²) >= 11 is 0. The molecule has 0 N–H and O–H groups in total. The van der Waals surface area contributed by atoms with Crippen molar-refractivity contribution in [1.82, 2.24) is 14.7 Å². The smallest absolute Gasteiger partial charge is 0.327 e. The summed E-state index contributed by atoms with van der Waals surface area (Å²) in [6, 6.07) is 5.24. The van der Waals surface area contributed by atoms with E-state index in [-0.39, 0.29) is 24.4 Å². The Morgan fingerprint density at radius 2 is 1.87 bits per heavy atom. The number of carbonyl (C=O) groups is 3. The van der Waals surface area contributed by atoms with Gasteiger partial charge in [-0.25, -0.2) is 4.79 Å². The van der Waals surface area contributed by atoms with Crippen molar-refractivity contribution in [3.63, 3.8) is 0 Å². The number of fused-ring (bicyclic) bond motifs is 1. The monoisotopic (exact) mass is 415 g/mol. The largest absolute Gasteiger partial charge is 0.486 e. The Morgan fingerprint density at radius 1 is 1.13 bits per heavy atom. The van der Waals surface area contributed by atoms with Crippen molar-refractivity contribution < 1.29 is 23.9 Å². The van der Waals surface area contributed by atoms with Crippen molar-refractivity contribution in [3.8, 4) is 11.5 Å². The third-order valence-electron chi connectivity index (χ3n) is 6.52. The van der Waals surface area contributed by atoms with Crippen LogP contribution in [0.5, 0.6) is 11.5 Å².